The highest BCUT2D eigenvalue weighted by molar-refractivity contribution is 9.10. The van der Waals surface area contributed by atoms with Gasteiger partial charge in [0.15, 0.2) is 0 Å². The second-order valence-corrected chi connectivity index (χ2v) is 7.15. The number of hydrogen-bond donors (Lipinski definition) is 3. The van der Waals surface area contributed by atoms with Crippen LogP contribution in [0.2, 0.25) is 0 Å². The van der Waals surface area contributed by atoms with Crippen LogP contribution in [0.1, 0.15) is 21.5 Å². The fourth-order valence-corrected chi connectivity index (χ4v) is 3.07. The average Bonchev–Trinajstić information content (AvgIpc) is 2.75. The molecule has 0 atom stereocenters. The van der Waals surface area contributed by atoms with E-state index in [9.17, 15) is 20.0 Å². The van der Waals surface area contributed by atoms with E-state index in [0.717, 1.165) is 17.5 Å². The van der Waals surface area contributed by atoms with Crippen molar-refractivity contribution < 1.29 is 14.8 Å². The van der Waals surface area contributed by atoms with Gasteiger partial charge in [-0.1, -0.05) is 46.3 Å². The number of anilines is 1. The molecule has 0 fully saturated rings. The number of amides is 1. The van der Waals surface area contributed by atoms with E-state index in [1.807, 2.05) is 42.5 Å². The smallest absolute Gasteiger partial charge is 0.312 e. The van der Waals surface area contributed by atoms with Gasteiger partial charge in [0.25, 0.3) is 5.91 Å². The molecule has 0 spiro atoms. The van der Waals surface area contributed by atoms with Crippen molar-refractivity contribution in [1.29, 1.82) is 0 Å². The number of nitrogens with zero attached hydrogens (tertiary/aromatic N) is 2. The molecule has 0 unspecified atom stereocenters. The van der Waals surface area contributed by atoms with E-state index in [1.54, 1.807) is 12.1 Å². The highest BCUT2D eigenvalue weighted by atomic mass is 79.9. The Hall–Kier alpha value is -3.72. The summed E-state index contributed by atoms with van der Waals surface area (Å²) in [6.07, 6.45) is 1.14. The minimum absolute atomic E-state index is 0.0960. The van der Waals surface area contributed by atoms with Gasteiger partial charge in [-0.15, -0.1) is 0 Å². The van der Waals surface area contributed by atoms with Crippen molar-refractivity contribution in [3.63, 3.8) is 0 Å². The average molecular weight is 469 g/mol. The maximum atomic E-state index is 12.2. The van der Waals surface area contributed by atoms with Crippen LogP contribution >= 0.6 is 15.9 Å². The van der Waals surface area contributed by atoms with E-state index in [2.05, 4.69) is 31.8 Å². The monoisotopic (exact) mass is 468 g/mol. The summed E-state index contributed by atoms with van der Waals surface area (Å²) in [6, 6.07) is 19.4. The maximum absolute atomic E-state index is 12.2. The number of phenolic OH excluding ortho intramolecular Hbond substituents is 1. The van der Waals surface area contributed by atoms with Crippen LogP contribution in [0.3, 0.4) is 0 Å². The lowest BCUT2D eigenvalue weighted by Gasteiger charge is -2.07. The zero-order valence-corrected chi connectivity index (χ0v) is 17.2. The number of nitrogens with one attached hydrogen (secondary N) is 2. The van der Waals surface area contributed by atoms with Crippen LogP contribution < -0.4 is 10.7 Å². The molecular formula is C21H17BrN4O4. The third-order valence-corrected chi connectivity index (χ3v) is 4.59. The molecule has 0 saturated heterocycles. The lowest BCUT2D eigenvalue weighted by atomic mass is 10.1. The lowest BCUT2D eigenvalue weighted by Crippen LogP contribution is -2.17. The van der Waals surface area contributed by atoms with Crippen LogP contribution in [-0.2, 0) is 6.54 Å². The largest absolute Gasteiger partial charge is 0.502 e. The number of rotatable bonds is 7. The van der Waals surface area contributed by atoms with Crippen molar-refractivity contribution >= 4 is 39.4 Å². The first-order valence-corrected chi connectivity index (χ1v) is 9.61. The molecule has 3 aromatic rings. The maximum Gasteiger partial charge on any atom is 0.312 e. The van der Waals surface area contributed by atoms with Crippen LogP contribution in [-0.4, -0.2) is 22.2 Å². The van der Waals surface area contributed by atoms with Crippen molar-refractivity contribution in [2.45, 2.75) is 6.54 Å². The zero-order chi connectivity index (χ0) is 21.5. The Morgan fingerprint density at radius 2 is 1.83 bits per heavy atom. The summed E-state index contributed by atoms with van der Waals surface area (Å²) in [5.41, 5.74) is 4.39. The summed E-state index contributed by atoms with van der Waals surface area (Å²) in [7, 11) is 0. The predicted octanol–water partition coefficient (Wildman–Crippen LogP) is 4.44. The summed E-state index contributed by atoms with van der Waals surface area (Å²) in [4.78, 5) is 22.5. The fourth-order valence-electron chi connectivity index (χ4n) is 2.60. The van der Waals surface area contributed by atoms with E-state index < -0.39 is 22.3 Å². The van der Waals surface area contributed by atoms with Gasteiger partial charge in [-0.2, -0.15) is 5.10 Å². The van der Waals surface area contributed by atoms with Crippen LogP contribution in [0.5, 0.6) is 5.75 Å². The Bertz CT molecular complexity index is 1090. The molecule has 1 amide bonds. The third-order valence-electron chi connectivity index (χ3n) is 4.14. The number of hydrazone groups is 1. The third kappa shape index (κ3) is 5.42. The van der Waals surface area contributed by atoms with E-state index in [-0.39, 0.29) is 5.56 Å². The molecular weight excluding hydrogens is 452 g/mol. The number of nitro groups is 1. The van der Waals surface area contributed by atoms with E-state index in [4.69, 9.17) is 0 Å². The van der Waals surface area contributed by atoms with Gasteiger partial charge in [-0.05, 0) is 35.9 Å². The highest BCUT2D eigenvalue weighted by Crippen LogP contribution is 2.32. The molecule has 0 heterocycles. The molecule has 30 heavy (non-hydrogen) atoms. The van der Waals surface area contributed by atoms with Crippen LogP contribution in [0.25, 0.3) is 0 Å². The van der Waals surface area contributed by atoms with Crippen LogP contribution in [0.15, 0.2) is 76.3 Å². The second-order valence-electron chi connectivity index (χ2n) is 6.24. The number of para-hydroxylation sites is 1. The summed E-state index contributed by atoms with van der Waals surface area (Å²) < 4.78 is 0.402. The van der Waals surface area contributed by atoms with Gasteiger partial charge in [0.2, 0.25) is 5.75 Å². The first-order valence-electron chi connectivity index (χ1n) is 8.82. The number of halogens is 1. The van der Waals surface area contributed by atoms with E-state index >= 15 is 0 Å². The fraction of sp³-hybridized carbons (Fsp3) is 0.0476. The molecule has 0 aromatic heterocycles. The second kappa shape index (κ2) is 9.66. The van der Waals surface area contributed by atoms with Crippen molar-refractivity contribution in [3.8, 4) is 5.75 Å². The Kier molecular flexibility index (Phi) is 6.76. The molecule has 0 radical (unpaired) electrons. The van der Waals surface area contributed by atoms with Gasteiger partial charge in [-0.3, -0.25) is 14.9 Å². The molecule has 0 aliphatic rings. The van der Waals surface area contributed by atoms with Crippen LogP contribution in [0, 0.1) is 10.1 Å². The summed E-state index contributed by atoms with van der Waals surface area (Å²) in [5, 5.41) is 28.0. The van der Waals surface area contributed by atoms with Gasteiger partial charge >= 0.3 is 5.69 Å². The van der Waals surface area contributed by atoms with Crippen molar-refractivity contribution in [2.24, 2.45) is 5.10 Å². The number of aromatic hydroxyl groups is 1. The molecule has 0 aliphatic carbocycles. The summed E-state index contributed by atoms with van der Waals surface area (Å²) in [6.45, 7) is 0.616. The molecule has 0 saturated carbocycles. The minimum atomic E-state index is -0.704. The topological polar surface area (TPSA) is 117 Å². The SMILES string of the molecule is O=C(NN=Cc1cc(Br)cc([N+](=O)[O-])c1O)c1ccc(CNc2ccccc2)cc1. The van der Waals surface area contributed by atoms with Gasteiger partial charge in [0, 0.05) is 33.9 Å². The minimum Gasteiger partial charge on any atom is -0.502 e. The molecule has 3 aromatic carbocycles. The number of carbonyl (C=O) groups is 1. The lowest BCUT2D eigenvalue weighted by molar-refractivity contribution is -0.385. The predicted molar refractivity (Wildman–Crippen MR) is 118 cm³/mol. The summed E-state index contributed by atoms with van der Waals surface area (Å²) >= 11 is 3.14. The zero-order valence-electron chi connectivity index (χ0n) is 15.6. The number of nitro benzene ring substituents is 1. The highest BCUT2D eigenvalue weighted by Gasteiger charge is 2.17. The Morgan fingerprint density at radius 3 is 2.50 bits per heavy atom. The molecule has 0 bridgehead atoms. The normalized spacial score (nSPS) is 10.7. The quantitative estimate of drug-likeness (QED) is 0.269. The number of phenols is 1. The van der Waals surface area contributed by atoms with Crippen LogP contribution in [0.4, 0.5) is 11.4 Å². The van der Waals surface area contributed by atoms with E-state index in [1.165, 1.54) is 12.1 Å². The molecule has 3 N–H and O–H groups in total. The van der Waals surface area contributed by atoms with Crippen molar-refractivity contribution in [1.82, 2.24) is 5.43 Å². The van der Waals surface area contributed by atoms with Gasteiger partial charge in [0.1, 0.15) is 0 Å². The van der Waals surface area contributed by atoms with Crippen molar-refractivity contribution in [3.05, 3.63) is 98.0 Å². The molecule has 152 valence electrons. The van der Waals surface area contributed by atoms with Gasteiger partial charge < -0.3 is 10.4 Å². The first-order chi connectivity index (χ1) is 14.4. The molecule has 0 aliphatic heterocycles. The first kappa shape index (κ1) is 21.0. The Labute approximate surface area is 180 Å². The van der Waals surface area contributed by atoms with E-state index in [0.29, 0.717) is 16.6 Å². The van der Waals surface area contributed by atoms with Gasteiger partial charge in [0.05, 0.1) is 11.1 Å². The standard InChI is InChI=1S/C21H17BrN4O4/c22-17-10-16(20(27)19(11-17)26(29)30)13-24-25-21(28)15-8-6-14(7-9-15)12-23-18-4-2-1-3-5-18/h1-11,13,23,27H,12H2,(H,25,28). The molecule has 3 rings (SSSR count). The molecule has 9 heteroatoms. The Balaban J connectivity index is 1.60. The Morgan fingerprint density at radius 1 is 1.13 bits per heavy atom. The summed E-state index contributed by atoms with van der Waals surface area (Å²) in [5.74, 6) is -0.978. The number of hydrogen-bond acceptors (Lipinski definition) is 6. The van der Waals surface area contributed by atoms with Gasteiger partial charge in [-0.25, -0.2) is 5.43 Å². The number of carbonyl (C=O) groups excluding carboxylic acids is 1. The van der Waals surface area contributed by atoms with Crippen molar-refractivity contribution in [2.75, 3.05) is 5.32 Å². The number of benzene rings is 3. The molecule has 8 nitrogen and oxygen atoms in total.